The lowest BCUT2D eigenvalue weighted by molar-refractivity contribution is -0.998. The Bertz CT molecular complexity index is 1390. The highest BCUT2D eigenvalue weighted by Crippen LogP contribution is 2.42. The second kappa shape index (κ2) is 10.2. The number of rotatable bonds is 4. The summed E-state index contributed by atoms with van der Waals surface area (Å²) in [7, 11) is 0. The molecule has 0 saturated carbocycles. The van der Waals surface area contributed by atoms with Gasteiger partial charge in [0.05, 0.1) is 19.1 Å². The van der Waals surface area contributed by atoms with E-state index in [1.165, 1.54) is 0 Å². The smallest absolute Gasteiger partial charge is 0.135 e. The molecule has 0 radical (unpaired) electrons. The fraction of sp³-hybridized carbons (Fsp3) is 0.355. The van der Waals surface area contributed by atoms with Crippen molar-refractivity contribution in [2.45, 2.75) is 25.5 Å². The number of phenols is 1. The summed E-state index contributed by atoms with van der Waals surface area (Å²) < 4.78 is 6.10. The van der Waals surface area contributed by atoms with E-state index in [0.717, 1.165) is 46.8 Å². The Morgan fingerprint density at radius 3 is 2.56 bits per heavy atom. The summed E-state index contributed by atoms with van der Waals surface area (Å²) in [6.45, 7) is 8.64. The highest BCUT2D eigenvalue weighted by molar-refractivity contribution is 6.30. The fourth-order valence-corrected chi connectivity index (χ4v) is 6.08. The number of hydrogen-bond donors (Lipinski definition) is 2. The molecule has 0 aliphatic carbocycles. The number of benzene rings is 3. The lowest BCUT2D eigenvalue weighted by Gasteiger charge is -2.55. The molecule has 7 nitrogen and oxygen atoms in total. The highest BCUT2D eigenvalue weighted by Gasteiger charge is 2.37. The third-order valence-electron chi connectivity index (χ3n) is 8.01. The van der Waals surface area contributed by atoms with Crippen molar-refractivity contribution in [1.82, 2.24) is 10.3 Å². The second-order valence-corrected chi connectivity index (χ2v) is 11.7. The van der Waals surface area contributed by atoms with Crippen molar-refractivity contribution in [2.75, 3.05) is 50.7 Å². The van der Waals surface area contributed by atoms with Crippen LogP contribution in [0.2, 0.25) is 5.02 Å². The molecule has 0 bridgehead atoms. The number of ether oxygens (including phenoxy) is 1. The first-order valence-electron chi connectivity index (χ1n) is 13.6. The van der Waals surface area contributed by atoms with Crippen molar-refractivity contribution >= 4 is 23.4 Å². The van der Waals surface area contributed by atoms with E-state index in [4.69, 9.17) is 16.3 Å². The SMILES string of the molecule is CC1(C)C=Cc2cc(C3C[N+]([O-])(N4CCN(c5ccc(O)cc5)CC4)CCN3)cc(-c3cccc(Cl)c3)c2O1. The molecule has 39 heavy (non-hydrogen) atoms. The van der Waals surface area contributed by atoms with Crippen LogP contribution in [0.3, 0.4) is 0 Å². The van der Waals surface area contributed by atoms with Gasteiger partial charge in [0, 0.05) is 41.5 Å². The molecule has 2 atom stereocenters. The number of piperazine rings is 2. The predicted octanol–water partition coefficient (Wildman–Crippen LogP) is 5.59. The zero-order chi connectivity index (χ0) is 27.2. The Labute approximate surface area is 235 Å². The summed E-state index contributed by atoms with van der Waals surface area (Å²) in [5.41, 5.74) is 4.74. The predicted molar refractivity (Wildman–Crippen MR) is 157 cm³/mol. The fourth-order valence-electron chi connectivity index (χ4n) is 5.89. The van der Waals surface area contributed by atoms with Gasteiger partial charge in [-0.25, -0.2) is 0 Å². The van der Waals surface area contributed by atoms with Gasteiger partial charge in [0.15, 0.2) is 0 Å². The van der Waals surface area contributed by atoms with Gasteiger partial charge in [-0.2, -0.15) is 5.01 Å². The number of phenolic OH excluding ortho intramolecular Hbond substituents is 1. The third-order valence-corrected chi connectivity index (χ3v) is 8.25. The molecule has 2 N–H and O–H groups in total. The van der Waals surface area contributed by atoms with Crippen molar-refractivity contribution in [3.63, 3.8) is 0 Å². The van der Waals surface area contributed by atoms with Crippen LogP contribution in [0.15, 0.2) is 66.7 Å². The van der Waals surface area contributed by atoms with E-state index in [-0.39, 0.29) is 16.5 Å². The lowest BCUT2D eigenvalue weighted by atomic mass is 9.91. The summed E-state index contributed by atoms with van der Waals surface area (Å²) in [6, 6.07) is 19.4. The Morgan fingerprint density at radius 1 is 1.05 bits per heavy atom. The molecule has 2 fully saturated rings. The van der Waals surface area contributed by atoms with Gasteiger partial charge < -0.3 is 20.0 Å². The number of fused-ring (bicyclic) bond motifs is 1. The van der Waals surface area contributed by atoms with E-state index < -0.39 is 5.60 Å². The quantitative estimate of drug-likeness (QED) is 0.328. The second-order valence-electron chi connectivity index (χ2n) is 11.3. The van der Waals surface area contributed by atoms with Crippen LogP contribution >= 0.6 is 11.6 Å². The van der Waals surface area contributed by atoms with Crippen molar-refractivity contribution < 1.29 is 14.6 Å². The average Bonchev–Trinajstić information content (AvgIpc) is 2.93. The maximum atomic E-state index is 14.2. The molecule has 204 valence electrons. The van der Waals surface area contributed by atoms with Crippen LogP contribution in [0, 0.1) is 5.21 Å². The third kappa shape index (κ3) is 5.38. The van der Waals surface area contributed by atoms with E-state index in [2.05, 4.69) is 59.4 Å². The van der Waals surface area contributed by atoms with Crippen molar-refractivity contribution in [3.05, 3.63) is 88.1 Å². The van der Waals surface area contributed by atoms with Gasteiger partial charge in [-0.05, 0) is 79.6 Å². The zero-order valence-corrected chi connectivity index (χ0v) is 23.2. The molecule has 2 saturated heterocycles. The minimum absolute atomic E-state index is 0.0852. The Kier molecular flexibility index (Phi) is 6.81. The number of quaternary nitrogens is 1. The normalized spacial score (nSPS) is 24.7. The van der Waals surface area contributed by atoms with Gasteiger partial charge in [0.2, 0.25) is 0 Å². The number of hydrogen-bond acceptors (Lipinski definition) is 6. The van der Waals surface area contributed by atoms with Crippen molar-refractivity contribution in [3.8, 4) is 22.6 Å². The number of nitrogens with zero attached hydrogens (tertiary/aromatic N) is 3. The molecular weight excluding hydrogens is 512 g/mol. The standard InChI is InChI=1S/C31H35ClN4O3/c1-31(2)11-10-23-18-24(20-28(30(23)39-31)22-4-3-5-25(32)19-22)29-21-36(38,17-12-33-29)35-15-13-34(14-16-35)26-6-8-27(37)9-7-26/h3-11,18-20,29,33,37H,12-17,21H2,1-2H3. The van der Waals surface area contributed by atoms with E-state index in [1.807, 2.05) is 30.3 Å². The molecule has 3 aliphatic heterocycles. The maximum absolute atomic E-state index is 14.2. The molecular formula is C31H35ClN4O3. The molecule has 3 heterocycles. The van der Waals surface area contributed by atoms with E-state index in [9.17, 15) is 10.3 Å². The van der Waals surface area contributed by atoms with Gasteiger partial charge in [-0.15, -0.1) is 0 Å². The highest BCUT2D eigenvalue weighted by atomic mass is 35.5. The molecule has 0 spiro atoms. The van der Waals surface area contributed by atoms with Crippen molar-refractivity contribution in [1.29, 1.82) is 0 Å². The first-order chi connectivity index (χ1) is 18.7. The molecule has 2 unspecified atom stereocenters. The number of aromatic hydroxyl groups is 1. The van der Waals surface area contributed by atoms with Crippen molar-refractivity contribution in [2.24, 2.45) is 0 Å². The minimum Gasteiger partial charge on any atom is -0.611 e. The number of anilines is 1. The van der Waals surface area contributed by atoms with Gasteiger partial charge >= 0.3 is 0 Å². The molecule has 8 heteroatoms. The summed E-state index contributed by atoms with van der Waals surface area (Å²) >= 11 is 6.37. The van der Waals surface area contributed by atoms with Crippen LogP contribution in [-0.4, -0.2) is 66.3 Å². The maximum Gasteiger partial charge on any atom is 0.135 e. The van der Waals surface area contributed by atoms with Crippen LogP contribution in [0.4, 0.5) is 5.69 Å². The molecule has 0 amide bonds. The molecule has 6 rings (SSSR count). The largest absolute Gasteiger partial charge is 0.611 e. The summed E-state index contributed by atoms with van der Waals surface area (Å²) in [4.78, 5) is 2.27. The Hall–Kier alpha value is -3.07. The average molecular weight is 547 g/mol. The van der Waals surface area contributed by atoms with Crippen LogP contribution < -0.4 is 15.0 Å². The van der Waals surface area contributed by atoms with Crippen LogP contribution in [-0.2, 0) is 0 Å². The first kappa shape index (κ1) is 26.2. The first-order valence-corrected chi connectivity index (χ1v) is 14.0. The van der Waals surface area contributed by atoms with E-state index in [0.29, 0.717) is 37.7 Å². The van der Waals surface area contributed by atoms with Crippen LogP contribution in [0.25, 0.3) is 17.2 Å². The van der Waals surface area contributed by atoms with E-state index in [1.54, 1.807) is 12.1 Å². The van der Waals surface area contributed by atoms with Gasteiger partial charge in [0.25, 0.3) is 0 Å². The lowest BCUT2D eigenvalue weighted by Crippen LogP contribution is -2.67. The molecule has 3 aliphatic rings. The summed E-state index contributed by atoms with van der Waals surface area (Å²) in [6.07, 6.45) is 4.21. The summed E-state index contributed by atoms with van der Waals surface area (Å²) in [5, 5.41) is 30.2. The van der Waals surface area contributed by atoms with Crippen LogP contribution in [0.5, 0.6) is 11.5 Å². The van der Waals surface area contributed by atoms with Gasteiger partial charge in [-0.3, -0.25) is 10.1 Å². The number of hydroxylamine groups is 2. The Morgan fingerprint density at radius 2 is 1.82 bits per heavy atom. The van der Waals surface area contributed by atoms with Crippen LogP contribution in [0.1, 0.15) is 31.0 Å². The van der Waals surface area contributed by atoms with Gasteiger partial charge in [-0.1, -0.05) is 29.8 Å². The number of nitrogens with one attached hydrogen (secondary N) is 1. The monoisotopic (exact) mass is 546 g/mol. The van der Waals surface area contributed by atoms with Gasteiger partial charge in [0.1, 0.15) is 30.2 Å². The van der Waals surface area contributed by atoms with E-state index >= 15 is 0 Å². The Balaban J connectivity index is 1.25. The molecule has 0 aromatic heterocycles. The summed E-state index contributed by atoms with van der Waals surface area (Å²) in [5.74, 6) is 1.11. The minimum atomic E-state index is -0.408. The molecule has 3 aromatic rings. The molecule has 3 aromatic carbocycles. The number of halogens is 1. The topological polar surface area (TPSA) is 71.0 Å². The zero-order valence-electron chi connectivity index (χ0n) is 22.4.